The van der Waals surface area contributed by atoms with E-state index in [0.717, 1.165) is 12.1 Å². The fourth-order valence-corrected chi connectivity index (χ4v) is 2.18. The van der Waals surface area contributed by atoms with Crippen molar-refractivity contribution in [3.8, 4) is 0 Å². The van der Waals surface area contributed by atoms with Crippen LogP contribution in [0.5, 0.6) is 0 Å². The molecule has 0 aliphatic heterocycles. The summed E-state index contributed by atoms with van der Waals surface area (Å²) < 4.78 is 37.4. The summed E-state index contributed by atoms with van der Waals surface area (Å²) in [6.07, 6.45) is -4.39. The number of hydrogen-bond acceptors (Lipinski definition) is 3. The molecule has 1 aromatic rings. The Morgan fingerprint density at radius 3 is 2.12 bits per heavy atom. The van der Waals surface area contributed by atoms with Gasteiger partial charge in [0.05, 0.1) is 18.5 Å². The third kappa shape index (κ3) is 7.54. The Labute approximate surface area is 148 Å². The summed E-state index contributed by atoms with van der Waals surface area (Å²) >= 11 is 0. The SMILES string of the molecule is CC(C)C[C@H](NC(=O)CNC(=O)Cc1ccc(C(F)(F)F)cc1)C(=O)O. The lowest BCUT2D eigenvalue weighted by molar-refractivity contribution is -0.142. The van der Waals surface area contributed by atoms with Crippen LogP contribution in [0.4, 0.5) is 13.2 Å². The molecule has 0 bridgehead atoms. The first kappa shape index (κ1) is 21.5. The van der Waals surface area contributed by atoms with Crippen molar-refractivity contribution in [3.05, 3.63) is 35.4 Å². The van der Waals surface area contributed by atoms with Crippen LogP contribution in [0.2, 0.25) is 0 Å². The number of carboxylic acid groups (broad SMARTS) is 1. The van der Waals surface area contributed by atoms with Gasteiger partial charge in [-0.05, 0) is 30.0 Å². The molecular formula is C17H21F3N2O4. The number of carboxylic acids is 1. The van der Waals surface area contributed by atoms with Gasteiger partial charge in [0.15, 0.2) is 0 Å². The molecular weight excluding hydrogens is 353 g/mol. The Hall–Kier alpha value is -2.58. The second-order valence-corrected chi connectivity index (χ2v) is 6.24. The normalized spacial score (nSPS) is 12.5. The van der Waals surface area contributed by atoms with Gasteiger partial charge in [-0.3, -0.25) is 9.59 Å². The molecule has 0 fully saturated rings. The monoisotopic (exact) mass is 374 g/mol. The molecule has 0 radical (unpaired) electrons. The lowest BCUT2D eigenvalue weighted by Gasteiger charge is -2.16. The topological polar surface area (TPSA) is 95.5 Å². The first-order valence-corrected chi connectivity index (χ1v) is 7.94. The van der Waals surface area contributed by atoms with E-state index in [1.807, 2.05) is 13.8 Å². The van der Waals surface area contributed by atoms with Crippen LogP contribution >= 0.6 is 0 Å². The van der Waals surface area contributed by atoms with Crippen LogP contribution in [0.15, 0.2) is 24.3 Å². The minimum Gasteiger partial charge on any atom is -0.480 e. The van der Waals surface area contributed by atoms with Crippen LogP contribution in [0.3, 0.4) is 0 Å². The summed E-state index contributed by atoms with van der Waals surface area (Å²) in [7, 11) is 0. The van der Waals surface area contributed by atoms with E-state index in [2.05, 4.69) is 10.6 Å². The molecule has 0 aromatic heterocycles. The van der Waals surface area contributed by atoms with Crippen molar-refractivity contribution in [2.24, 2.45) is 5.92 Å². The number of hydrogen-bond donors (Lipinski definition) is 3. The van der Waals surface area contributed by atoms with E-state index in [-0.39, 0.29) is 18.8 Å². The molecule has 0 unspecified atom stereocenters. The van der Waals surface area contributed by atoms with E-state index in [1.54, 1.807) is 0 Å². The second-order valence-electron chi connectivity index (χ2n) is 6.24. The van der Waals surface area contributed by atoms with Gasteiger partial charge in [-0.15, -0.1) is 0 Å². The first-order valence-electron chi connectivity index (χ1n) is 7.94. The maximum atomic E-state index is 12.5. The molecule has 0 saturated heterocycles. The van der Waals surface area contributed by atoms with Gasteiger partial charge in [-0.2, -0.15) is 13.2 Å². The second kappa shape index (κ2) is 9.21. The standard InChI is InChI=1S/C17H21F3N2O4/c1-10(2)7-13(16(25)26)22-15(24)9-21-14(23)8-11-3-5-12(6-4-11)17(18,19)20/h3-6,10,13H,7-9H2,1-2H3,(H,21,23)(H,22,24)(H,25,26)/t13-/m0/s1. The molecule has 26 heavy (non-hydrogen) atoms. The number of carbonyl (C=O) groups excluding carboxylic acids is 2. The molecule has 0 aliphatic rings. The molecule has 1 atom stereocenters. The zero-order chi connectivity index (χ0) is 19.9. The van der Waals surface area contributed by atoms with E-state index in [4.69, 9.17) is 5.11 Å². The fourth-order valence-electron chi connectivity index (χ4n) is 2.18. The predicted octanol–water partition coefficient (Wildman–Crippen LogP) is 1.98. The Kier molecular flexibility index (Phi) is 7.60. The Morgan fingerprint density at radius 2 is 1.65 bits per heavy atom. The quantitative estimate of drug-likeness (QED) is 0.648. The van der Waals surface area contributed by atoms with Crippen LogP contribution in [0.25, 0.3) is 0 Å². The molecule has 1 rings (SSSR count). The minimum absolute atomic E-state index is 0.0608. The average molecular weight is 374 g/mol. The highest BCUT2D eigenvalue weighted by atomic mass is 19.4. The maximum Gasteiger partial charge on any atom is 0.416 e. The van der Waals surface area contributed by atoms with E-state index < -0.39 is 42.1 Å². The van der Waals surface area contributed by atoms with Gasteiger partial charge in [0.1, 0.15) is 6.04 Å². The zero-order valence-corrected chi connectivity index (χ0v) is 14.4. The van der Waals surface area contributed by atoms with Crippen molar-refractivity contribution in [2.45, 2.75) is 38.9 Å². The molecule has 2 amide bonds. The van der Waals surface area contributed by atoms with Crippen molar-refractivity contribution < 1.29 is 32.7 Å². The van der Waals surface area contributed by atoms with Crippen LogP contribution in [0.1, 0.15) is 31.4 Å². The highest BCUT2D eigenvalue weighted by molar-refractivity contribution is 5.88. The Bertz CT molecular complexity index is 642. The number of nitrogens with one attached hydrogen (secondary N) is 2. The van der Waals surface area contributed by atoms with Crippen molar-refractivity contribution >= 4 is 17.8 Å². The van der Waals surface area contributed by atoms with Gasteiger partial charge < -0.3 is 15.7 Å². The number of alkyl halides is 3. The van der Waals surface area contributed by atoms with Crippen molar-refractivity contribution in [1.82, 2.24) is 10.6 Å². The number of benzene rings is 1. The molecule has 6 nitrogen and oxygen atoms in total. The van der Waals surface area contributed by atoms with Gasteiger partial charge in [-0.1, -0.05) is 26.0 Å². The van der Waals surface area contributed by atoms with E-state index in [0.29, 0.717) is 5.56 Å². The summed E-state index contributed by atoms with van der Waals surface area (Å²) in [6, 6.07) is 3.07. The number of halogens is 3. The predicted molar refractivity (Wildman–Crippen MR) is 87.2 cm³/mol. The van der Waals surface area contributed by atoms with Gasteiger partial charge in [0.2, 0.25) is 11.8 Å². The van der Waals surface area contributed by atoms with E-state index in [1.165, 1.54) is 12.1 Å². The lowest BCUT2D eigenvalue weighted by atomic mass is 10.0. The largest absolute Gasteiger partial charge is 0.480 e. The molecule has 0 heterocycles. The van der Waals surface area contributed by atoms with Crippen molar-refractivity contribution in [2.75, 3.05) is 6.54 Å². The summed E-state index contributed by atoms with van der Waals surface area (Å²) in [5.41, 5.74) is -0.454. The summed E-state index contributed by atoms with van der Waals surface area (Å²) in [6.45, 7) is 3.21. The minimum atomic E-state index is -4.45. The number of rotatable bonds is 8. The van der Waals surface area contributed by atoms with E-state index in [9.17, 15) is 27.6 Å². The Morgan fingerprint density at radius 1 is 1.08 bits per heavy atom. The highest BCUT2D eigenvalue weighted by Gasteiger charge is 2.30. The molecule has 0 saturated carbocycles. The van der Waals surface area contributed by atoms with Gasteiger partial charge in [0.25, 0.3) is 0 Å². The van der Waals surface area contributed by atoms with Crippen LogP contribution in [-0.4, -0.2) is 35.5 Å². The molecule has 0 aliphatic carbocycles. The smallest absolute Gasteiger partial charge is 0.416 e. The number of carbonyl (C=O) groups is 3. The molecule has 0 spiro atoms. The van der Waals surface area contributed by atoms with Gasteiger partial charge >= 0.3 is 12.1 Å². The summed E-state index contributed by atoms with van der Waals surface area (Å²) in [5, 5.41) is 13.7. The average Bonchev–Trinajstić information content (AvgIpc) is 2.51. The molecule has 9 heteroatoms. The molecule has 144 valence electrons. The third-order valence-corrected chi connectivity index (χ3v) is 3.43. The third-order valence-electron chi connectivity index (χ3n) is 3.43. The van der Waals surface area contributed by atoms with E-state index >= 15 is 0 Å². The number of amides is 2. The maximum absolute atomic E-state index is 12.5. The van der Waals surface area contributed by atoms with Crippen LogP contribution in [0, 0.1) is 5.92 Å². The summed E-state index contributed by atoms with van der Waals surface area (Å²) in [5.74, 6) is -2.32. The first-order chi connectivity index (χ1) is 12.0. The van der Waals surface area contributed by atoms with Crippen molar-refractivity contribution in [1.29, 1.82) is 0 Å². The van der Waals surface area contributed by atoms with Crippen molar-refractivity contribution in [3.63, 3.8) is 0 Å². The zero-order valence-electron chi connectivity index (χ0n) is 14.4. The lowest BCUT2D eigenvalue weighted by Crippen LogP contribution is -2.46. The van der Waals surface area contributed by atoms with Crippen LogP contribution < -0.4 is 10.6 Å². The van der Waals surface area contributed by atoms with Gasteiger partial charge in [-0.25, -0.2) is 4.79 Å². The summed E-state index contributed by atoms with van der Waals surface area (Å²) in [4.78, 5) is 34.6. The fraction of sp³-hybridized carbons (Fsp3) is 0.471. The molecule has 3 N–H and O–H groups in total. The number of aliphatic carboxylic acids is 1. The van der Waals surface area contributed by atoms with Crippen LogP contribution in [-0.2, 0) is 27.0 Å². The highest BCUT2D eigenvalue weighted by Crippen LogP contribution is 2.29. The Balaban J connectivity index is 2.48. The molecule has 1 aromatic carbocycles. The van der Waals surface area contributed by atoms with Gasteiger partial charge in [0, 0.05) is 0 Å².